The molecule has 42 valence electrons. The van der Waals surface area contributed by atoms with Crippen molar-refractivity contribution < 1.29 is 12.4 Å². The van der Waals surface area contributed by atoms with Crippen molar-refractivity contribution in [2.75, 3.05) is 0 Å². The second-order valence-electron chi connectivity index (χ2n) is 2.59. The number of hydrogen-bond acceptors (Lipinski definition) is 0. The summed E-state index contributed by atoms with van der Waals surface area (Å²) in [4.78, 5) is 0. The van der Waals surface area contributed by atoms with Gasteiger partial charge in [0, 0.05) is 0 Å². The molecule has 0 amide bonds. The summed E-state index contributed by atoms with van der Waals surface area (Å²) in [5.74, 6) is 0. The first kappa shape index (κ1) is 8.18. The molecule has 0 rings (SSSR count). The van der Waals surface area contributed by atoms with Crippen LogP contribution in [-0.4, -0.2) is 4.73 Å². The summed E-state index contributed by atoms with van der Waals surface area (Å²) in [5, 5.41) is 0. The fourth-order valence-electron chi connectivity index (χ4n) is 0.146. The van der Waals surface area contributed by atoms with E-state index in [4.69, 9.17) is 0 Å². The Balaban J connectivity index is 3.56. The Kier molecular flexibility index (Phi) is 3.81. The molecule has 0 atom stereocenters. The monoisotopic (exact) mass is 248 g/mol. The van der Waals surface area contributed by atoms with Crippen LogP contribution in [0.15, 0.2) is 0 Å². The molecule has 0 aromatic carbocycles. The zero-order valence-electron chi connectivity index (χ0n) is 4.90. The van der Waals surface area contributed by atoms with E-state index >= 15 is 0 Å². The molecule has 0 saturated carbocycles. The van der Waals surface area contributed by atoms with E-state index in [9.17, 15) is 0 Å². The number of rotatable bonds is 0. The SMILES string of the molecule is CC(C)(C)[CH]=[V][I]. The minimum atomic E-state index is 0.460. The Morgan fingerprint density at radius 1 is 1.43 bits per heavy atom. The third kappa shape index (κ3) is 7.18. The molecule has 7 heavy (non-hydrogen) atoms. The van der Waals surface area contributed by atoms with E-state index in [0.717, 1.165) is 0 Å². The van der Waals surface area contributed by atoms with Gasteiger partial charge in [0.2, 0.25) is 0 Å². The Labute approximate surface area is 63.0 Å². The zero-order valence-corrected chi connectivity index (χ0v) is 8.46. The first-order valence-electron chi connectivity index (χ1n) is 2.22. The fraction of sp³-hybridized carbons (Fsp3) is 0.800. The van der Waals surface area contributed by atoms with Crippen molar-refractivity contribution in [2.24, 2.45) is 5.41 Å². The van der Waals surface area contributed by atoms with Crippen molar-refractivity contribution in [3.8, 4) is 0 Å². The molecule has 0 aliphatic heterocycles. The molecular weight excluding hydrogens is 238 g/mol. The van der Waals surface area contributed by atoms with Crippen molar-refractivity contribution in [3.63, 3.8) is 0 Å². The van der Waals surface area contributed by atoms with E-state index in [2.05, 4.69) is 45.5 Å². The molecule has 0 aromatic heterocycles. The quantitative estimate of drug-likeness (QED) is 0.577. The predicted molar refractivity (Wildman–Crippen MR) is 39.5 cm³/mol. The van der Waals surface area contributed by atoms with Gasteiger partial charge in [-0.1, -0.05) is 0 Å². The normalized spacial score (nSPS) is 13.1. The van der Waals surface area contributed by atoms with Gasteiger partial charge in [-0.05, 0) is 0 Å². The van der Waals surface area contributed by atoms with E-state index in [0.29, 0.717) is 17.8 Å². The van der Waals surface area contributed by atoms with Gasteiger partial charge in [0.15, 0.2) is 0 Å². The van der Waals surface area contributed by atoms with Crippen LogP contribution < -0.4 is 0 Å². The average molecular weight is 248 g/mol. The van der Waals surface area contributed by atoms with Gasteiger partial charge in [0.1, 0.15) is 0 Å². The molecule has 0 aliphatic carbocycles. The average Bonchev–Trinajstić information content (AvgIpc) is 1.30. The fourth-order valence-corrected chi connectivity index (χ4v) is 4.05. The van der Waals surface area contributed by atoms with Gasteiger partial charge in [0.05, 0.1) is 0 Å². The third-order valence-corrected chi connectivity index (χ3v) is 2.95. The summed E-state index contributed by atoms with van der Waals surface area (Å²) in [6.07, 6.45) is 0. The van der Waals surface area contributed by atoms with Crippen molar-refractivity contribution in [1.29, 1.82) is 0 Å². The Morgan fingerprint density at radius 3 is 1.86 bits per heavy atom. The summed E-state index contributed by atoms with van der Waals surface area (Å²) in [7, 11) is 0. The Hall–Kier alpha value is 1.18. The van der Waals surface area contributed by atoms with Crippen LogP contribution >= 0.6 is 20.0 Å². The molecule has 2 heteroatoms. The Morgan fingerprint density at radius 2 is 1.86 bits per heavy atom. The maximum absolute atomic E-state index is 2.45. The minimum absolute atomic E-state index is 0.460. The van der Waals surface area contributed by atoms with Crippen LogP contribution in [0.3, 0.4) is 0 Å². The van der Waals surface area contributed by atoms with Crippen LogP contribution in [0.1, 0.15) is 20.8 Å². The van der Waals surface area contributed by atoms with Crippen LogP contribution in [0.25, 0.3) is 0 Å². The molecule has 0 bridgehead atoms. The van der Waals surface area contributed by atoms with Gasteiger partial charge >= 0.3 is 63.3 Å². The maximum atomic E-state index is 2.45. The number of hydrogen-bond donors (Lipinski definition) is 0. The van der Waals surface area contributed by atoms with Gasteiger partial charge in [-0.15, -0.1) is 0 Å². The van der Waals surface area contributed by atoms with Gasteiger partial charge < -0.3 is 0 Å². The van der Waals surface area contributed by atoms with E-state index < -0.39 is 0 Å². The van der Waals surface area contributed by atoms with E-state index in [-0.39, 0.29) is 0 Å². The van der Waals surface area contributed by atoms with Gasteiger partial charge in [-0.3, -0.25) is 0 Å². The topological polar surface area (TPSA) is 0 Å². The molecule has 0 nitrogen and oxygen atoms in total. The Bertz CT molecular complexity index is 70.6. The van der Waals surface area contributed by atoms with Gasteiger partial charge in [-0.2, -0.15) is 0 Å². The van der Waals surface area contributed by atoms with Crippen molar-refractivity contribution >= 4 is 24.7 Å². The van der Waals surface area contributed by atoms with Crippen LogP contribution in [0.4, 0.5) is 0 Å². The second-order valence-corrected chi connectivity index (χ2v) is 5.60. The zero-order chi connectivity index (χ0) is 5.91. The predicted octanol–water partition coefficient (Wildman–Crippen LogP) is 2.27. The second kappa shape index (κ2) is 3.26. The summed E-state index contributed by atoms with van der Waals surface area (Å²) >= 11 is 2.93. The third-order valence-electron chi connectivity index (χ3n) is 0.436. The van der Waals surface area contributed by atoms with Gasteiger partial charge in [0.25, 0.3) is 0 Å². The first-order valence-corrected chi connectivity index (χ1v) is 7.53. The van der Waals surface area contributed by atoms with E-state index in [1.165, 1.54) is 0 Å². The standard InChI is InChI=1S/C5H10.HI.V/c1-5(2,3)4;;/h1H,2-4H3;1H;/q;;+1/p-1. The van der Waals surface area contributed by atoms with Crippen molar-refractivity contribution in [3.05, 3.63) is 0 Å². The first-order chi connectivity index (χ1) is 3.06. The molecule has 0 heterocycles. The molecule has 0 saturated heterocycles. The molecule has 0 unspecified atom stereocenters. The molecule has 0 radical (unpaired) electrons. The molecule has 0 N–H and O–H groups in total. The summed E-state index contributed by atoms with van der Waals surface area (Å²) in [6.45, 7) is 6.71. The van der Waals surface area contributed by atoms with Crippen LogP contribution in [0.2, 0.25) is 0 Å². The molecule has 0 spiro atoms. The van der Waals surface area contributed by atoms with Crippen LogP contribution in [-0.2, 0) is 12.4 Å². The van der Waals surface area contributed by atoms with E-state index in [1.807, 2.05) is 0 Å². The van der Waals surface area contributed by atoms with E-state index in [1.54, 1.807) is 0 Å². The summed E-state index contributed by atoms with van der Waals surface area (Å²) in [5.41, 5.74) is 0.460. The van der Waals surface area contributed by atoms with Crippen molar-refractivity contribution in [1.82, 2.24) is 0 Å². The summed E-state index contributed by atoms with van der Waals surface area (Å²) < 4.78 is 2.39. The molecular formula is C5H10IV. The molecule has 0 aliphatic rings. The van der Waals surface area contributed by atoms with Crippen LogP contribution in [0.5, 0.6) is 0 Å². The molecule has 0 aromatic rings. The van der Waals surface area contributed by atoms with Gasteiger partial charge in [-0.25, -0.2) is 0 Å². The van der Waals surface area contributed by atoms with Crippen molar-refractivity contribution in [2.45, 2.75) is 20.8 Å². The summed E-state index contributed by atoms with van der Waals surface area (Å²) in [6, 6.07) is 0. The number of halogens is 1. The molecule has 0 fully saturated rings. The van der Waals surface area contributed by atoms with Crippen LogP contribution in [0, 0.1) is 5.41 Å².